The Morgan fingerprint density at radius 3 is 3.00 bits per heavy atom. The minimum atomic E-state index is -0.400. The number of carbonyl (C=O) groups excluding carboxylic acids is 1. The second-order valence-electron chi connectivity index (χ2n) is 5.00. The number of hydrogen-bond acceptors (Lipinski definition) is 2. The monoisotopic (exact) mass is 373 g/mol. The maximum atomic E-state index is 13.5. The van der Waals surface area contributed by atoms with Gasteiger partial charge in [0.05, 0.1) is 12.6 Å². The molecule has 0 fully saturated rings. The van der Waals surface area contributed by atoms with Crippen LogP contribution < -0.4 is 5.43 Å². The molecule has 0 atom stereocenters. The maximum absolute atomic E-state index is 13.5. The SMILES string of the molecule is O=C(Cc1c[nH]c2ccccc12)NN=Cc1cc(Br)ccc1F. The molecule has 116 valence electrons. The first-order valence-corrected chi connectivity index (χ1v) is 7.75. The lowest BCUT2D eigenvalue weighted by atomic mass is 10.1. The molecule has 0 bridgehead atoms. The molecule has 0 saturated carbocycles. The van der Waals surface area contributed by atoms with E-state index in [1.807, 2.05) is 30.5 Å². The number of para-hydroxylation sites is 1. The number of benzene rings is 2. The summed E-state index contributed by atoms with van der Waals surface area (Å²) >= 11 is 3.26. The van der Waals surface area contributed by atoms with Crippen molar-refractivity contribution in [3.8, 4) is 0 Å². The van der Waals surface area contributed by atoms with Crippen LogP contribution in [0.5, 0.6) is 0 Å². The highest BCUT2D eigenvalue weighted by molar-refractivity contribution is 9.10. The topological polar surface area (TPSA) is 57.2 Å². The normalized spacial score (nSPS) is 11.2. The Kier molecular flexibility index (Phi) is 4.52. The van der Waals surface area contributed by atoms with E-state index in [4.69, 9.17) is 0 Å². The number of rotatable bonds is 4. The third-order valence-corrected chi connectivity index (χ3v) is 3.87. The van der Waals surface area contributed by atoms with Gasteiger partial charge in [-0.05, 0) is 29.8 Å². The number of hydrazone groups is 1. The highest BCUT2D eigenvalue weighted by Gasteiger charge is 2.07. The van der Waals surface area contributed by atoms with Crippen LogP contribution >= 0.6 is 15.9 Å². The average molecular weight is 374 g/mol. The third-order valence-electron chi connectivity index (χ3n) is 3.38. The van der Waals surface area contributed by atoms with Crippen molar-refractivity contribution in [2.75, 3.05) is 0 Å². The zero-order valence-corrected chi connectivity index (χ0v) is 13.6. The maximum Gasteiger partial charge on any atom is 0.244 e. The fourth-order valence-electron chi connectivity index (χ4n) is 2.28. The molecule has 0 unspecified atom stereocenters. The molecule has 1 aromatic heterocycles. The van der Waals surface area contributed by atoms with Crippen molar-refractivity contribution in [2.45, 2.75) is 6.42 Å². The van der Waals surface area contributed by atoms with Gasteiger partial charge in [-0.25, -0.2) is 9.82 Å². The smallest absolute Gasteiger partial charge is 0.244 e. The van der Waals surface area contributed by atoms with Crippen LogP contribution in [0.2, 0.25) is 0 Å². The Hall–Kier alpha value is -2.47. The molecule has 0 spiro atoms. The summed E-state index contributed by atoms with van der Waals surface area (Å²) < 4.78 is 14.3. The first-order valence-electron chi connectivity index (χ1n) is 6.95. The van der Waals surface area contributed by atoms with Gasteiger partial charge >= 0.3 is 0 Å². The van der Waals surface area contributed by atoms with Crippen LogP contribution in [0.15, 0.2) is 58.2 Å². The largest absolute Gasteiger partial charge is 0.361 e. The molecule has 0 aliphatic heterocycles. The number of nitrogens with one attached hydrogen (secondary N) is 2. The Bertz CT molecular complexity index is 888. The molecule has 3 rings (SSSR count). The Labute approximate surface area is 140 Å². The van der Waals surface area contributed by atoms with E-state index in [-0.39, 0.29) is 12.3 Å². The molecule has 0 saturated heterocycles. The summed E-state index contributed by atoms with van der Waals surface area (Å²) in [4.78, 5) is 15.1. The van der Waals surface area contributed by atoms with E-state index in [0.29, 0.717) is 5.56 Å². The van der Waals surface area contributed by atoms with Gasteiger partial charge in [0.1, 0.15) is 5.82 Å². The second kappa shape index (κ2) is 6.75. The van der Waals surface area contributed by atoms with E-state index in [1.54, 1.807) is 12.1 Å². The van der Waals surface area contributed by atoms with E-state index in [0.717, 1.165) is 20.9 Å². The Balaban J connectivity index is 1.66. The van der Waals surface area contributed by atoms with Gasteiger partial charge in [0.2, 0.25) is 5.91 Å². The number of aromatic nitrogens is 1. The lowest BCUT2D eigenvalue weighted by molar-refractivity contribution is -0.120. The minimum Gasteiger partial charge on any atom is -0.361 e. The quantitative estimate of drug-likeness (QED) is 0.530. The third kappa shape index (κ3) is 3.65. The number of fused-ring (bicyclic) bond motifs is 1. The molecule has 1 heterocycles. The van der Waals surface area contributed by atoms with Crippen molar-refractivity contribution in [2.24, 2.45) is 5.10 Å². The van der Waals surface area contributed by atoms with Crippen molar-refractivity contribution in [3.05, 3.63) is 70.1 Å². The van der Waals surface area contributed by atoms with Crippen molar-refractivity contribution >= 4 is 39.0 Å². The zero-order valence-electron chi connectivity index (χ0n) is 12.0. The van der Waals surface area contributed by atoms with Gasteiger partial charge in [0, 0.05) is 27.1 Å². The number of carbonyl (C=O) groups is 1. The van der Waals surface area contributed by atoms with E-state index in [9.17, 15) is 9.18 Å². The first-order chi connectivity index (χ1) is 11.1. The van der Waals surface area contributed by atoms with E-state index >= 15 is 0 Å². The highest BCUT2D eigenvalue weighted by Crippen LogP contribution is 2.18. The lowest BCUT2D eigenvalue weighted by Crippen LogP contribution is -2.19. The van der Waals surface area contributed by atoms with Gasteiger partial charge in [-0.1, -0.05) is 34.1 Å². The van der Waals surface area contributed by atoms with Crippen molar-refractivity contribution in [1.82, 2.24) is 10.4 Å². The number of hydrogen-bond donors (Lipinski definition) is 2. The fraction of sp³-hybridized carbons (Fsp3) is 0.0588. The highest BCUT2D eigenvalue weighted by atomic mass is 79.9. The minimum absolute atomic E-state index is 0.197. The number of aromatic amines is 1. The van der Waals surface area contributed by atoms with Crippen LogP contribution in [0, 0.1) is 5.82 Å². The van der Waals surface area contributed by atoms with Gasteiger partial charge < -0.3 is 4.98 Å². The molecule has 2 N–H and O–H groups in total. The predicted octanol–water partition coefficient (Wildman–Crippen LogP) is 3.76. The molecule has 3 aromatic rings. The summed E-state index contributed by atoms with van der Waals surface area (Å²) in [5, 5.41) is 4.81. The average Bonchev–Trinajstić information content (AvgIpc) is 2.94. The van der Waals surface area contributed by atoms with Gasteiger partial charge in [-0.15, -0.1) is 0 Å². The van der Waals surface area contributed by atoms with Gasteiger partial charge in [0.25, 0.3) is 0 Å². The zero-order chi connectivity index (χ0) is 16.2. The summed E-state index contributed by atoms with van der Waals surface area (Å²) in [6.45, 7) is 0. The van der Waals surface area contributed by atoms with Gasteiger partial charge in [0.15, 0.2) is 0 Å². The standard InChI is InChI=1S/C17H13BrFN3O/c18-13-5-6-15(19)12(7-13)10-21-22-17(23)8-11-9-20-16-4-2-1-3-14(11)16/h1-7,9-10,20H,8H2,(H,22,23). The summed E-state index contributed by atoms with van der Waals surface area (Å²) in [6.07, 6.45) is 3.29. The Morgan fingerprint density at radius 2 is 2.13 bits per heavy atom. The number of H-pyrrole nitrogens is 1. The van der Waals surface area contributed by atoms with E-state index in [1.165, 1.54) is 12.3 Å². The van der Waals surface area contributed by atoms with Crippen LogP contribution in [-0.4, -0.2) is 17.1 Å². The van der Waals surface area contributed by atoms with Crippen LogP contribution in [0.25, 0.3) is 10.9 Å². The Morgan fingerprint density at radius 1 is 1.30 bits per heavy atom. The summed E-state index contributed by atoms with van der Waals surface area (Å²) in [5.74, 6) is -0.663. The molecular formula is C17H13BrFN3O. The molecular weight excluding hydrogens is 361 g/mol. The summed E-state index contributed by atoms with van der Waals surface area (Å²) in [7, 11) is 0. The van der Waals surface area contributed by atoms with E-state index in [2.05, 4.69) is 31.4 Å². The predicted molar refractivity (Wildman–Crippen MR) is 91.8 cm³/mol. The van der Waals surface area contributed by atoms with Crippen molar-refractivity contribution < 1.29 is 9.18 Å². The van der Waals surface area contributed by atoms with Crippen molar-refractivity contribution in [3.63, 3.8) is 0 Å². The van der Waals surface area contributed by atoms with Crippen LogP contribution in [0.3, 0.4) is 0 Å². The molecule has 1 amide bonds. The molecule has 0 aliphatic rings. The molecule has 23 heavy (non-hydrogen) atoms. The number of nitrogens with zero attached hydrogens (tertiary/aromatic N) is 1. The second-order valence-corrected chi connectivity index (χ2v) is 5.91. The molecule has 6 heteroatoms. The van der Waals surface area contributed by atoms with E-state index < -0.39 is 5.82 Å². The van der Waals surface area contributed by atoms with Crippen molar-refractivity contribution in [1.29, 1.82) is 0 Å². The molecule has 0 radical (unpaired) electrons. The van der Waals surface area contributed by atoms with Gasteiger partial charge in [-0.2, -0.15) is 5.10 Å². The molecule has 2 aromatic carbocycles. The van der Waals surface area contributed by atoms with Crippen LogP contribution in [0.1, 0.15) is 11.1 Å². The van der Waals surface area contributed by atoms with Crippen LogP contribution in [0.4, 0.5) is 4.39 Å². The summed E-state index contributed by atoms with van der Waals surface area (Å²) in [6, 6.07) is 12.3. The van der Waals surface area contributed by atoms with Gasteiger partial charge in [-0.3, -0.25) is 4.79 Å². The lowest BCUT2D eigenvalue weighted by Gasteiger charge is -2.00. The molecule has 0 aliphatic carbocycles. The summed E-state index contributed by atoms with van der Waals surface area (Å²) in [5.41, 5.74) is 4.59. The first kappa shape index (κ1) is 15.4. The number of amides is 1. The molecule has 4 nitrogen and oxygen atoms in total. The fourth-order valence-corrected chi connectivity index (χ4v) is 2.66. The number of halogens is 2. The van der Waals surface area contributed by atoms with Crippen LogP contribution in [-0.2, 0) is 11.2 Å².